The van der Waals surface area contributed by atoms with E-state index in [2.05, 4.69) is 4.74 Å². The van der Waals surface area contributed by atoms with Crippen LogP contribution in [0.5, 0.6) is 5.75 Å². The second-order valence-corrected chi connectivity index (χ2v) is 5.67. The van der Waals surface area contributed by atoms with Crippen molar-refractivity contribution in [2.45, 2.75) is 46.1 Å². The van der Waals surface area contributed by atoms with E-state index >= 15 is 0 Å². The molecule has 0 aliphatic rings. The molecular formula is C16H17F5O4. The van der Waals surface area contributed by atoms with Crippen molar-refractivity contribution in [3.05, 3.63) is 29.1 Å². The summed E-state index contributed by atoms with van der Waals surface area (Å²) in [6.07, 6.45) is -1.03. The Balaban J connectivity index is 2.60. The van der Waals surface area contributed by atoms with Gasteiger partial charge in [-0.25, -0.2) is 13.2 Å². The topological polar surface area (TPSA) is 52.6 Å². The van der Waals surface area contributed by atoms with Crippen molar-refractivity contribution >= 4 is 11.9 Å². The average molecular weight is 368 g/mol. The molecule has 0 aliphatic heterocycles. The highest BCUT2D eigenvalue weighted by Gasteiger charge is 2.28. The van der Waals surface area contributed by atoms with E-state index in [1.807, 2.05) is 13.8 Å². The lowest BCUT2D eigenvalue weighted by atomic mass is 10.1. The first-order valence-corrected chi connectivity index (χ1v) is 7.47. The molecule has 0 N–H and O–H groups in total. The summed E-state index contributed by atoms with van der Waals surface area (Å²) in [4.78, 5) is 23.0. The number of rotatable bonds is 7. The molecule has 0 fully saturated rings. The van der Waals surface area contributed by atoms with Crippen LogP contribution < -0.4 is 4.74 Å². The molecule has 0 saturated carbocycles. The zero-order chi connectivity index (χ0) is 19.3. The van der Waals surface area contributed by atoms with E-state index in [1.165, 1.54) is 0 Å². The van der Waals surface area contributed by atoms with Crippen molar-refractivity contribution in [1.29, 1.82) is 0 Å². The van der Waals surface area contributed by atoms with Crippen LogP contribution in [-0.4, -0.2) is 18.0 Å². The summed E-state index contributed by atoms with van der Waals surface area (Å²) in [6.45, 7) is 5.39. The Morgan fingerprint density at radius 2 is 1.24 bits per heavy atom. The zero-order valence-electron chi connectivity index (χ0n) is 13.8. The molecule has 0 bridgehead atoms. The van der Waals surface area contributed by atoms with Crippen LogP contribution in [0.2, 0.25) is 0 Å². The van der Waals surface area contributed by atoms with Gasteiger partial charge in [0.15, 0.2) is 0 Å². The number of benzene rings is 1. The van der Waals surface area contributed by atoms with Crippen molar-refractivity contribution in [3.63, 3.8) is 0 Å². The van der Waals surface area contributed by atoms with Crippen LogP contribution in [0.25, 0.3) is 0 Å². The molecule has 140 valence electrons. The summed E-state index contributed by atoms with van der Waals surface area (Å²) >= 11 is 0. The summed E-state index contributed by atoms with van der Waals surface area (Å²) in [6, 6.07) is 0. The van der Waals surface area contributed by atoms with Gasteiger partial charge in [0.1, 0.15) is 6.10 Å². The van der Waals surface area contributed by atoms with Gasteiger partial charge in [-0.2, -0.15) is 8.78 Å². The van der Waals surface area contributed by atoms with Crippen LogP contribution in [0.1, 0.15) is 40.0 Å². The molecule has 0 aliphatic carbocycles. The maximum Gasteiger partial charge on any atom is 0.311 e. The summed E-state index contributed by atoms with van der Waals surface area (Å²) < 4.78 is 74.8. The van der Waals surface area contributed by atoms with Crippen LogP contribution in [0.15, 0.2) is 0 Å². The molecular weight excluding hydrogens is 351 g/mol. The molecule has 1 aromatic carbocycles. The average Bonchev–Trinajstić information content (AvgIpc) is 2.55. The second kappa shape index (κ2) is 8.77. The Hall–Kier alpha value is -2.19. The van der Waals surface area contributed by atoms with E-state index in [4.69, 9.17) is 4.74 Å². The van der Waals surface area contributed by atoms with Crippen LogP contribution in [0.4, 0.5) is 22.0 Å². The lowest BCUT2D eigenvalue weighted by molar-refractivity contribution is -0.150. The zero-order valence-corrected chi connectivity index (χ0v) is 13.8. The van der Waals surface area contributed by atoms with E-state index in [9.17, 15) is 31.5 Å². The molecule has 0 aromatic heterocycles. The first kappa shape index (κ1) is 20.9. The Morgan fingerprint density at radius 3 is 1.72 bits per heavy atom. The first-order valence-electron chi connectivity index (χ1n) is 7.47. The molecule has 1 rings (SSSR count). The number of carbonyl (C=O) groups is 2. The van der Waals surface area contributed by atoms with Gasteiger partial charge in [0, 0.05) is 12.8 Å². The third kappa shape index (κ3) is 5.40. The predicted octanol–water partition coefficient (Wildman–Crippen LogP) is 4.05. The Kier molecular flexibility index (Phi) is 7.32. The third-order valence-corrected chi connectivity index (χ3v) is 3.40. The van der Waals surface area contributed by atoms with Crippen molar-refractivity contribution in [2.75, 3.05) is 0 Å². The van der Waals surface area contributed by atoms with Crippen molar-refractivity contribution in [3.8, 4) is 5.75 Å². The van der Waals surface area contributed by atoms with E-state index in [0.717, 1.165) is 0 Å². The maximum atomic E-state index is 13.4. The number of carbonyl (C=O) groups excluding carboxylic acids is 2. The molecule has 9 heteroatoms. The fourth-order valence-electron chi connectivity index (χ4n) is 1.62. The van der Waals surface area contributed by atoms with E-state index in [-0.39, 0.29) is 24.9 Å². The number of esters is 2. The van der Waals surface area contributed by atoms with Crippen molar-refractivity contribution in [1.82, 2.24) is 0 Å². The molecule has 25 heavy (non-hydrogen) atoms. The number of ether oxygens (including phenoxy) is 2. The molecule has 0 saturated heterocycles. The lowest BCUT2D eigenvalue weighted by Crippen LogP contribution is -2.20. The Morgan fingerprint density at radius 1 is 0.800 bits per heavy atom. The van der Waals surface area contributed by atoms with E-state index < -0.39 is 53.2 Å². The maximum absolute atomic E-state index is 13.4. The predicted molar refractivity (Wildman–Crippen MR) is 76.1 cm³/mol. The van der Waals surface area contributed by atoms with Gasteiger partial charge in [-0.1, -0.05) is 13.8 Å². The van der Waals surface area contributed by atoms with Crippen molar-refractivity contribution in [2.24, 2.45) is 5.92 Å². The van der Waals surface area contributed by atoms with Gasteiger partial charge in [-0.05, 0) is 19.3 Å². The molecule has 4 nitrogen and oxygen atoms in total. The Labute approximate surface area is 140 Å². The number of halogens is 5. The van der Waals surface area contributed by atoms with Crippen LogP contribution in [0, 0.1) is 35.0 Å². The van der Waals surface area contributed by atoms with Gasteiger partial charge in [0.25, 0.3) is 0 Å². The minimum atomic E-state index is -2.35. The van der Waals surface area contributed by atoms with Gasteiger partial charge in [0.2, 0.25) is 34.8 Å². The largest absolute Gasteiger partial charge is 0.462 e. The Bertz CT molecular complexity index is 631. The van der Waals surface area contributed by atoms with Crippen LogP contribution in [0.3, 0.4) is 0 Å². The smallest absolute Gasteiger partial charge is 0.311 e. The van der Waals surface area contributed by atoms with Crippen LogP contribution >= 0.6 is 0 Å². The van der Waals surface area contributed by atoms with Gasteiger partial charge < -0.3 is 9.47 Å². The summed E-state index contributed by atoms with van der Waals surface area (Å²) in [5, 5.41) is 0. The first-order chi connectivity index (χ1) is 11.6. The molecule has 0 radical (unpaired) electrons. The number of hydrogen-bond donors (Lipinski definition) is 0. The van der Waals surface area contributed by atoms with E-state index in [0.29, 0.717) is 0 Å². The fourth-order valence-corrected chi connectivity index (χ4v) is 1.62. The van der Waals surface area contributed by atoms with Gasteiger partial charge in [0.05, 0.1) is 0 Å². The second-order valence-electron chi connectivity index (χ2n) is 5.67. The van der Waals surface area contributed by atoms with Crippen LogP contribution in [-0.2, 0) is 14.3 Å². The molecule has 1 unspecified atom stereocenters. The van der Waals surface area contributed by atoms with Gasteiger partial charge in [-0.3, -0.25) is 9.59 Å². The normalized spacial score (nSPS) is 12.2. The third-order valence-electron chi connectivity index (χ3n) is 3.40. The lowest BCUT2D eigenvalue weighted by Gasteiger charge is -2.16. The van der Waals surface area contributed by atoms with E-state index in [1.54, 1.807) is 6.92 Å². The summed E-state index contributed by atoms with van der Waals surface area (Å²) in [7, 11) is 0. The van der Waals surface area contributed by atoms with Gasteiger partial charge in [-0.15, -0.1) is 0 Å². The highest BCUT2D eigenvalue weighted by atomic mass is 19.2. The molecule has 1 atom stereocenters. The summed E-state index contributed by atoms with van der Waals surface area (Å²) in [5.74, 6) is -14.7. The highest BCUT2D eigenvalue weighted by molar-refractivity contribution is 5.74. The summed E-state index contributed by atoms with van der Waals surface area (Å²) in [5.41, 5.74) is 0. The monoisotopic (exact) mass is 368 g/mol. The SMILES string of the molecule is CC(C)C(C)OC(=O)CCCC(=O)Oc1c(F)c(F)c(F)c(F)c1F. The highest BCUT2D eigenvalue weighted by Crippen LogP contribution is 2.29. The molecule has 1 aromatic rings. The quantitative estimate of drug-likeness (QED) is 0.240. The molecule has 0 amide bonds. The molecule has 0 heterocycles. The van der Waals surface area contributed by atoms with Crippen molar-refractivity contribution < 1.29 is 41.0 Å². The van der Waals surface area contributed by atoms with Gasteiger partial charge >= 0.3 is 11.9 Å². The minimum Gasteiger partial charge on any atom is -0.462 e. The minimum absolute atomic E-state index is 0.0715. The number of hydrogen-bond acceptors (Lipinski definition) is 4. The molecule has 0 spiro atoms. The fraction of sp³-hybridized carbons (Fsp3) is 0.500. The standard InChI is InChI=1S/C16H17F5O4/c1-7(2)8(3)24-9(22)5-4-6-10(23)25-16-14(20)12(18)11(17)13(19)15(16)21/h7-8H,4-6H2,1-3H3.